The molecule has 4 rings (SSSR count). The molecular weight excluding hydrogens is 534 g/mol. The van der Waals surface area contributed by atoms with Gasteiger partial charge in [0, 0.05) is 38.5 Å². The first-order valence-corrected chi connectivity index (χ1v) is 12.0. The van der Waals surface area contributed by atoms with Crippen LogP contribution < -0.4 is 27.7 Å². The third kappa shape index (κ3) is 10.2. The molecule has 40 heavy (non-hydrogen) atoms. The molecule has 0 saturated heterocycles. The van der Waals surface area contributed by atoms with Crippen LogP contribution in [0.2, 0.25) is 0 Å². The number of carboxylic acids is 1. The number of hydrogen-bond donors (Lipinski definition) is 4. The second-order valence-corrected chi connectivity index (χ2v) is 8.60. The maximum atomic E-state index is 12.0. The van der Waals surface area contributed by atoms with Crippen LogP contribution in [0.1, 0.15) is 37.7 Å². The molecular formula is C29H34ClN5O5. The molecule has 11 heteroatoms. The number of benzene rings is 2. The Morgan fingerprint density at radius 1 is 0.750 bits per heavy atom. The van der Waals surface area contributed by atoms with Gasteiger partial charge in [0.15, 0.2) is 0 Å². The number of nitrogen functional groups attached to an aromatic ring is 1. The van der Waals surface area contributed by atoms with E-state index in [2.05, 4.69) is 10.7 Å². The molecule has 0 radical (unpaired) electrons. The highest BCUT2D eigenvalue weighted by Gasteiger charge is 2.09. The van der Waals surface area contributed by atoms with E-state index in [0.717, 1.165) is 15.8 Å². The molecule has 0 aliphatic heterocycles. The van der Waals surface area contributed by atoms with Gasteiger partial charge in [-0.15, -0.1) is 12.4 Å². The molecule has 2 aromatic carbocycles. The van der Waals surface area contributed by atoms with E-state index in [0.29, 0.717) is 12.2 Å². The molecule has 0 saturated carbocycles. The molecule has 0 aliphatic carbocycles. The van der Waals surface area contributed by atoms with Crippen LogP contribution in [0.3, 0.4) is 0 Å². The summed E-state index contributed by atoms with van der Waals surface area (Å²) in [5.74, 6) is 3.81. The zero-order valence-electron chi connectivity index (χ0n) is 22.8. The van der Waals surface area contributed by atoms with Crippen LogP contribution in [0.15, 0.2) is 94.5 Å². The molecule has 4 aromatic rings. The number of hydrazine groups is 1. The molecule has 0 unspecified atom stereocenters. The fourth-order valence-corrected chi connectivity index (χ4v) is 3.20. The number of carbonyl (C=O) groups is 2. The predicted molar refractivity (Wildman–Crippen MR) is 159 cm³/mol. The number of nitrogens with zero attached hydrogens (tertiary/aromatic N) is 2. The first kappa shape index (κ1) is 33.4. The van der Waals surface area contributed by atoms with Gasteiger partial charge in [-0.3, -0.25) is 20.2 Å². The highest BCUT2D eigenvalue weighted by molar-refractivity contribution is 5.92. The summed E-state index contributed by atoms with van der Waals surface area (Å²) < 4.78 is 2.42. The number of nitrogens with two attached hydrogens (primary N) is 1. The molecule has 10 nitrogen and oxygen atoms in total. The molecule has 1 amide bonds. The Labute approximate surface area is 238 Å². The van der Waals surface area contributed by atoms with Gasteiger partial charge in [0.2, 0.25) is 0 Å². The third-order valence-electron chi connectivity index (χ3n) is 5.61. The number of rotatable bonds is 5. The number of carboxylic acid groups (broad SMARTS) is 1. The van der Waals surface area contributed by atoms with E-state index < -0.39 is 5.97 Å². The van der Waals surface area contributed by atoms with Crippen LogP contribution >= 0.6 is 12.4 Å². The molecule has 0 bridgehead atoms. The number of aryl methyl sites for hydroxylation is 2. The summed E-state index contributed by atoms with van der Waals surface area (Å²) in [5.41, 5.74) is 6.80. The van der Waals surface area contributed by atoms with Crippen molar-refractivity contribution in [2.75, 3.05) is 5.43 Å². The van der Waals surface area contributed by atoms with E-state index in [1.807, 2.05) is 62.4 Å². The van der Waals surface area contributed by atoms with Crippen LogP contribution in [0, 0.1) is 13.8 Å². The van der Waals surface area contributed by atoms with Gasteiger partial charge >= 0.3 is 5.97 Å². The summed E-state index contributed by atoms with van der Waals surface area (Å²) in [7, 11) is 3.01. The van der Waals surface area contributed by atoms with Gasteiger partial charge in [-0.05, 0) is 43.7 Å². The first-order valence-electron chi connectivity index (χ1n) is 12.0. The number of hydrogen-bond acceptors (Lipinski definition) is 6. The van der Waals surface area contributed by atoms with E-state index in [1.54, 1.807) is 19.2 Å². The van der Waals surface area contributed by atoms with Gasteiger partial charge in [-0.25, -0.2) is 4.79 Å². The Balaban J connectivity index is 0.000000324. The van der Waals surface area contributed by atoms with Gasteiger partial charge < -0.3 is 25.0 Å². The van der Waals surface area contributed by atoms with Gasteiger partial charge in [-0.1, -0.05) is 59.7 Å². The number of amides is 1. The lowest BCUT2D eigenvalue weighted by Gasteiger charge is -2.08. The lowest BCUT2D eigenvalue weighted by Crippen LogP contribution is -2.30. The van der Waals surface area contributed by atoms with Crippen molar-refractivity contribution in [3.8, 4) is 0 Å². The Bertz CT molecular complexity index is 1510. The van der Waals surface area contributed by atoms with Gasteiger partial charge in [0.1, 0.15) is 11.4 Å². The highest BCUT2D eigenvalue weighted by Crippen LogP contribution is 2.06. The van der Waals surface area contributed by atoms with E-state index in [-0.39, 0.29) is 35.1 Å². The Morgan fingerprint density at radius 2 is 1.20 bits per heavy atom. The zero-order valence-corrected chi connectivity index (χ0v) is 23.6. The van der Waals surface area contributed by atoms with Crippen molar-refractivity contribution in [2.45, 2.75) is 20.4 Å². The number of carbonyl (C=O) groups excluding carboxylic acids is 1. The highest BCUT2D eigenvalue weighted by atomic mass is 35.5. The molecule has 212 valence electrons. The zero-order chi connectivity index (χ0) is 28.9. The van der Waals surface area contributed by atoms with Crippen molar-refractivity contribution in [1.82, 2.24) is 14.5 Å². The number of pyridine rings is 2. The van der Waals surface area contributed by atoms with Crippen molar-refractivity contribution in [1.29, 1.82) is 0 Å². The Morgan fingerprint density at radius 3 is 1.65 bits per heavy atom. The number of aromatic carboxylic acids is 1. The maximum Gasteiger partial charge on any atom is 0.352 e. The van der Waals surface area contributed by atoms with E-state index in [9.17, 15) is 19.2 Å². The molecule has 2 heterocycles. The topological polar surface area (TPSA) is 148 Å². The SMILES string of the molecule is Cc1ccc(CNC(=O)c2cccc(=O)n2C)cc1.Cc1ccc(NN)cc1.Cl.Cn1c(C(=O)O)cccc1=O. The summed E-state index contributed by atoms with van der Waals surface area (Å²) >= 11 is 0. The average molecular weight is 568 g/mol. The fraction of sp³-hybridized carbons (Fsp3) is 0.172. The molecule has 0 fully saturated rings. The molecule has 0 spiro atoms. The third-order valence-corrected chi connectivity index (χ3v) is 5.61. The average Bonchev–Trinajstić information content (AvgIpc) is 2.92. The van der Waals surface area contributed by atoms with E-state index in [1.165, 1.54) is 47.0 Å². The lowest BCUT2D eigenvalue weighted by molar-refractivity contribution is 0.0684. The molecule has 0 aliphatic rings. The van der Waals surface area contributed by atoms with Gasteiger partial charge in [-0.2, -0.15) is 0 Å². The Hall–Kier alpha value is -4.67. The van der Waals surface area contributed by atoms with E-state index >= 15 is 0 Å². The summed E-state index contributed by atoms with van der Waals surface area (Å²) in [5, 5.41) is 11.3. The van der Waals surface area contributed by atoms with E-state index in [4.69, 9.17) is 10.9 Å². The number of anilines is 1. The summed E-state index contributed by atoms with van der Waals surface area (Å²) in [6, 6.07) is 24.6. The largest absolute Gasteiger partial charge is 0.477 e. The monoisotopic (exact) mass is 567 g/mol. The van der Waals surface area contributed by atoms with Crippen LogP contribution in [-0.4, -0.2) is 26.1 Å². The Kier molecular flexibility index (Phi) is 13.6. The summed E-state index contributed by atoms with van der Waals surface area (Å²) in [6.45, 7) is 4.50. The summed E-state index contributed by atoms with van der Waals surface area (Å²) in [6.07, 6.45) is 0. The fourth-order valence-electron chi connectivity index (χ4n) is 3.20. The number of nitrogens with one attached hydrogen (secondary N) is 2. The molecule has 5 N–H and O–H groups in total. The first-order chi connectivity index (χ1) is 18.5. The van der Waals surface area contributed by atoms with Gasteiger partial charge in [0.25, 0.3) is 17.0 Å². The van der Waals surface area contributed by atoms with Gasteiger partial charge in [0.05, 0.1) is 0 Å². The predicted octanol–water partition coefficient (Wildman–Crippen LogP) is 3.41. The molecule has 2 aromatic heterocycles. The maximum absolute atomic E-state index is 12.0. The number of aromatic nitrogens is 2. The lowest BCUT2D eigenvalue weighted by atomic mass is 10.1. The van der Waals surface area contributed by atoms with Crippen LogP contribution in [0.25, 0.3) is 0 Å². The minimum atomic E-state index is -1.09. The number of halogens is 1. The van der Waals surface area contributed by atoms with Crippen molar-refractivity contribution in [2.24, 2.45) is 19.9 Å². The van der Waals surface area contributed by atoms with Crippen molar-refractivity contribution < 1.29 is 14.7 Å². The molecule has 0 atom stereocenters. The quantitative estimate of drug-likeness (QED) is 0.213. The summed E-state index contributed by atoms with van der Waals surface area (Å²) in [4.78, 5) is 44.7. The minimum absolute atomic E-state index is 0. The van der Waals surface area contributed by atoms with Crippen LogP contribution in [0.5, 0.6) is 0 Å². The van der Waals surface area contributed by atoms with Crippen molar-refractivity contribution in [3.05, 3.63) is 134 Å². The smallest absolute Gasteiger partial charge is 0.352 e. The van der Waals surface area contributed by atoms with Crippen LogP contribution in [-0.2, 0) is 20.6 Å². The second-order valence-electron chi connectivity index (χ2n) is 8.60. The van der Waals surface area contributed by atoms with Crippen molar-refractivity contribution >= 4 is 30.0 Å². The minimum Gasteiger partial charge on any atom is -0.477 e. The van der Waals surface area contributed by atoms with Crippen LogP contribution in [0.4, 0.5) is 5.69 Å². The second kappa shape index (κ2) is 16.3. The van der Waals surface area contributed by atoms with Crippen molar-refractivity contribution in [3.63, 3.8) is 0 Å². The normalized spacial score (nSPS) is 9.53. The standard InChI is InChI=1S/C15H16N2O2.C7H10N2.C7H7NO3.ClH/c1-11-6-8-12(9-7-11)10-16-15(19)13-4-3-5-14(18)17(13)2;1-6-2-4-7(9-8)5-3-6;1-8-5(7(10)11)3-2-4-6(8)9;/h3-9H,10H2,1-2H3,(H,16,19);2-5,9H,8H2,1H3;2-4H,1H3,(H,10,11);1H.